The third-order valence-corrected chi connectivity index (χ3v) is 7.39. The Balaban J connectivity index is 1.35. The summed E-state index contributed by atoms with van der Waals surface area (Å²) >= 11 is 0. The number of rotatable bonds is 12. The molecule has 32 heavy (non-hydrogen) atoms. The van der Waals surface area contributed by atoms with E-state index in [-0.39, 0.29) is 0 Å². The van der Waals surface area contributed by atoms with Gasteiger partial charge in [0.1, 0.15) is 13.7 Å². The highest BCUT2D eigenvalue weighted by Crippen LogP contribution is 2.50. The fourth-order valence-corrected chi connectivity index (χ4v) is 5.29. The van der Waals surface area contributed by atoms with Crippen LogP contribution >= 0.6 is 0 Å². The summed E-state index contributed by atoms with van der Waals surface area (Å²) in [7, 11) is 6.19. The van der Waals surface area contributed by atoms with E-state index in [4.69, 9.17) is 7.85 Å². The van der Waals surface area contributed by atoms with Gasteiger partial charge >= 0.3 is 0 Å². The summed E-state index contributed by atoms with van der Waals surface area (Å²) in [4.78, 5) is 7.03. The minimum atomic E-state index is 0.851. The molecule has 1 aromatic rings. The third-order valence-electron chi connectivity index (χ3n) is 7.39. The largest absolute Gasteiger partial charge is 0.357 e. The number of hydrogen-bond donors (Lipinski definition) is 0. The van der Waals surface area contributed by atoms with Gasteiger partial charge in [-0.05, 0) is 87.2 Å². The molecular formula is C29H41BN2. The molecule has 3 heteroatoms. The van der Waals surface area contributed by atoms with Gasteiger partial charge in [0.15, 0.2) is 0 Å². The lowest BCUT2D eigenvalue weighted by Crippen LogP contribution is -2.33. The smallest absolute Gasteiger partial charge is 0.121 e. The second-order valence-corrected chi connectivity index (χ2v) is 9.69. The van der Waals surface area contributed by atoms with Crippen LogP contribution in [0.4, 0.5) is 0 Å². The van der Waals surface area contributed by atoms with Crippen LogP contribution in [0.5, 0.6) is 0 Å². The van der Waals surface area contributed by atoms with Crippen molar-refractivity contribution in [2.75, 3.05) is 13.1 Å². The quantitative estimate of drug-likeness (QED) is 0.221. The molecule has 1 heterocycles. The van der Waals surface area contributed by atoms with Crippen LogP contribution in [-0.2, 0) is 12.8 Å². The van der Waals surface area contributed by atoms with Gasteiger partial charge in [-0.25, -0.2) is 4.99 Å². The highest BCUT2D eigenvalue weighted by molar-refractivity contribution is 6.33. The third kappa shape index (κ3) is 6.99. The van der Waals surface area contributed by atoms with Gasteiger partial charge in [0, 0.05) is 19.3 Å². The van der Waals surface area contributed by atoms with Crippen LogP contribution in [0.15, 0.2) is 59.9 Å². The predicted octanol–water partition coefficient (Wildman–Crippen LogP) is 6.17. The van der Waals surface area contributed by atoms with Crippen LogP contribution in [0.1, 0.15) is 69.9 Å². The van der Waals surface area contributed by atoms with Crippen LogP contribution in [0.3, 0.4) is 0 Å². The number of aryl methyl sites for hydroxylation is 1. The topological polar surface area (TPSA) is 15.6 Å². The normalized spacial score (nSPS) is 21.8. The van der Waals surface area contributed by atoms with E-state index in [1.807, 2.05) is 12.3 Å². The van der Waals surface area contributed by atoms with Crippen molar-refractivity contribution < 1.29 is 0 Å². The van der Waals surface area contributed by atoms with E-state index in [1.54, 1.807) is 0 Å². The van der Waals surface area contributed by atoms with Gasteiger partial charge in [0.05, 0.1) is 0 Å². The molecule has 2 unspecified atom stereocenters. The van der Waals surface area contributed by atoms with Crippen molar-refractivity contribution in [1.29, 1.82) is 0 Å². The number of hydrogen-bond acceptors (Lipinski definition) is 2. The molecule has 0 N–H and O–H groups in total. The van der Waals surface area contributed by atoms with Crippen molar-refractivity contribution in [2.24, 2.45) is 22.7 Å². The minimum absolute atomic E-state index is 0.851. The second kappa shape index (κ2) is 12.3. The number of likely N-dealkylation sites (tertiary alicyclic amines) is 1. The van der Waals surface area contributed by atoms with Crippen molar-refractivity contribution in [3.63, 3.8) is 0 Å². The van der Waals surface area contributed by atoms with Crippen molar-refractivity contribution in [2.45, 2.75) is 71.6 Å². The molecule has 2 radical (unpaired) electrons. The number of benzene rings is 1. The first-order valence-electron chi connectivity index (χ1n) is 12.7. The zero-order chi connectivity index (χ0) is 22.9. The van der Waals surface area contributed by atoms with Gasteiger partial charge < -0.3 is 4.90 Å². The van der Waals surface area contributed by atoms with Gasteiger partial charge in [-0.1, -0.05) is 61.3 Å². The Hall–Kier alpha value is -2.03. The number of piperidine rings is 1. The first-order valence-corrected chi connectivity index (χ1v) is 12.7. The summed E-state index contributed by atoms with van der Waals surface area (Å²) in [6, 6.07) is 6.57. The van der Waals surface area contributed by atoms with Gasteiger partial charge in [-0.15, -0.1) is 6.58 Å². The highest BCUT2D eigenvalue weighted by atomic mass is 15.2. The van der Waals surface area contributed by atoms with E-state index >= 15 is 0 Å². The molecule has 1 aromatic carbocycles. The fourth-order valence-electron chi connectivity index (χ4n) is 5.29. The maximum atomic E-state index is 6.19. The van der Waals surface area contributed by atoms with Crippen LogP contribution in [0.25, 0.3) is 0 Å². The lowest BCUT2D eigenvalue weighted by Gasteiger charge is -2.33. The van der Waals surface area contributed by atoms with Gasteiger partial charge in [-0.3, -0.25) is 0 Å². The molecule has 0 spiro atoms. The van der Waals surface area contributed by atoms with Crippen LogP contribution in [0, 0.1) is 17.8 Å². The standard InChI is InChI=1S/C29H41BN2/c1-5-9-23(7-3)21-31-22(4)32-17-15-25(16-18-32)28-20-27(28)12-8-11-24-13-14-26(10-6-2)29(30)19-24/h6-7,13-14,19,21,25,27-28H,2,4-5,8-12,15-18,20H2,1,3H3/b23-7-,31-21?. The number of nitrogens with zero attached hydrogens (tertiary/aromatic N) is 2. The molecular weight excluding hydrogens is 387 g/mol. The van der Waals surface area contributed by atoms with Crippen molar-refractivity contribution in [1.82, 2.24) is 4.90 Å². The Bertz CT molecular complexity index is 830. The molecule has 0 bridgehead atoms. The molecule has 0 aromatic heterocycles. The van der Waals surface area contributed by atoms with E-state index in [2.05, 4.69) is 61.2 Å². The molecule has 1 aliphatic heterocycles. The Kier molecular flexibility index (Phi) is 9.44. The molecule has 1 saturated carbocycles. The summed E-state index contributed by atoms with van der Waals surface area (Å²) < 4.78 is 0. The van der Waals surface area contributed by atoms with Crippen molar-refractivity contribution >= 4 is 19.5 Å². The van der Waals surface area contributed by atoms with Crippen LogP contribution < -0.4 is 5.46 Å². The molecule has 170 valence electrons. The Labute approximate surface area is 198 Å². The molecule has 2 aliphatic rings. The van der Waals surface area contributed by atoms with Crippen LogP contribution in [0.2, 0.25) is 0 Å². The van der Waals surface area contributed by atoms with E-state index in [0.29, 0.717) is 0 Å². The van der Waals surface area contributed by atoms with E-state index in [9.17, 15) is 0 Å². The zero-order valence-corrected chi connectivity index (χ0v) is 20.4. The zero-order valence-electron chi connectivity index (χ0n) is 20.4. The number of aliphatic imine (C=N–C) groups is 1. The van der Waals surface area contributed by atoms with E-state index in [1.165, 1.54) is 48.8 Å². The average molecular weight is 428 g/mol. The predicted molar refractivity (Wildman–Crippen MR) is 141 cm³/mol. The van der Waals surface area contributed by atoms with Gasteiger partial charge in [0.2, 0.25) is 0 Å². The fraction of sp³-hybridized carbons (Fsp3) is 0.552. The molecule has 2 nitrogen and oxygen atoms in total. The van der Waals surface area contributed by atoms with E-state index in [0.717, 1.165) is 67.8 Å². The maximum Gasteiger partial charge on any atom is 0.121 e. The monoisotopic (exact) mass is 428 g/mol. The van der Waals surface area contributed by atoms with Crippen molar-refractivity contribution in [3.8, 4) is 0 Å². The second-order valence-electron chi connectivity index (χ2n) is 9.69. The van der Waals surface area contributed by atoms with E-state index < -0.39 is 0 Å². The lowest BCUT2D eigenvalue weighted by molar-refractivity contribution is 0.204. The molecule has 0 amide bonds. The first-order chi connectivity index (χ1) is 15.5. The molecule has 2 atom stereocenters. The molecule has 1 saturated heterocycles. The summed E-state index contributed by atoms with van der Waals surface area (Å²) in [5.74, 6) is 3.72. The summed E-state index contributed by atoms with van der Waals surface area (Å²) in [6.45, 7) is 14.5. The SMILES string of the molecule is [B]c1cc(CCCC2CC2C2CCN(C(=C)N=C/C(=C\C)CCC)CC2)ccc1CC=C. The summed E-state index contributed by atoms with van der Waals surface area (Å²) in [6.07, 6.45) is 17.0. The van der Waals surface area contributed by atoms with Crippen LogP contribution in [-0.4, -0.2) is 32.1 Å². The van der Waals surface area contributed by atoms with Crippen molar-refractivity contribution in [3.05, 3.63) is 66.0 Å². The molecule has 2 fully saturated rings. The number of allylic oxidation sites excluding steroid dienone is 3. The lowest BCUT2D eigenvalue weighted by atomic mass is 9.86. The molecule has 1 aliphatic carbocycles. The Morgan fingerprint density at radius 1 is 1.28 bits per heavy atom. The minimum Gasteiger partial charge on any atom is -0.357 e. The van der Waals surface area contributed by atoms with Gasteiger partial charge in [0.25, 0.3) is 0 Å². The summed E-state index contributed by atoms with van der Waals surface area (Å²) in [5.41, 5.74) is 4.78. The maximum absolute atomic E-state index is 6.19. The van der Waals surface area contributed by atoms with Gasteiger partial charge in [-0.2, -0.15) is 0 Å². The summed E-state index contributed by atoms with van der Waals surface area (Å²) in [5, 5.41) is 0. The Morgan fingerprint density at radius 3 is 2.72 bits per heavy atom. The Morgan fingerprint density at radius 2 is 2.06 bits per heavy atom. The molecule has 3 rings (SSSR count). The highest BCUT2D eigenvalue weighted by Gasteiger charge is 2.42. The average Bonchev–Trinajstić information content (AvgIpc) is 3.58. The first kappa shape index (κ1) is 24.6.